The highest BCUT2D eigenvalue weighted by atomic mass is 16.6. The van der Waals surface area contributed by atoms with Crippen molar-refractivity contribution in [3.8, 4) is 0 Å². The van der Waals surface area contributed by atoms with Crippen LogP contribution >= 0.6 is 0 Å². The summed E-state index contributed by atoms with van der Waals surface area (Å²) >= 11 is 0. The summed E-state index contributed by atoms with van der Waals surface area (Å²) in [5, 5.41) is 3.50. The second kappa shape index (κ2) is 6.74. The van der Waals surface area contributed by atoms with Gasteiger partial charge in [-0.3, -0.25) is 0 Å². The van der Waals surface area contributed by atoms with Crippen LogP contribution in [0.4, 0.5) is 4.79 Å². The lowest BCUT2D eigenvalue weighted by atomic mass is 9.90. The topological polar surface area (TPSA) is 41.6 Å². The standard InChI is InChI=1S/C12H24N2O2/c1-4-10-9-14(12(15)16-6-3)8-7-11(10)13-5-2/h10-11,13H,4-9H2,1-3H3. The monoisotopic (exact) mass is 228 g/mol. The van der Waals surface area contributed by atoms with Crippen LogP contribution in [0.2, 0.25) is 0 Å². The molecule has 0 radical (unpaired) electrons. The van der Waals surface area contributed by atoms with E-state index in [0.717, 1.165) is 32.5 Å². The van der Waals surface area contributed by atoms with Crippen LogP contribution in [-0.4, -0.2) is 43.3 Å². The van der Waals surface area contributed by atoms with Gasteiger partial charge >= 0.3 is 6.09 Å². The lowest BCUT2D eigenvalue weighted by molar-refractivity contribution is 0.0784. The van der Waals surface area contributed by atoms with Crippen LogP contribution in [-0.2, 0) is 4.74 Å². The first-order chi connectivity index (χ1) is 7.72. The van der Waals surface area contributed by atoms with Crippen LogP contribution in [0.25, 0.3) is 0 Å². The number of likely N-dealkylation sites (tertiary alicyclic amines) is 1. The number of carbonyl (C=O) groups is 1. The molecule has 2 atom stereocenters. The van der Waals surface area contributed by atoms with Crippen molar-refractivity contribution in [3.63, 3.8) is 0 Å². The van der Waals surface area contributed by atoms with Crippen LogP contribution in [0, 0.1) is 5.92 Å². The first-order valence-electron chi connectivity index (χ1n) is 6.37. The zero-order valence-corrected chi connectivity index (χ0v) is 10.7. The molecule has 1 aliphatic heterocycles. The van der Waals surface area contributed by atoms with E-state index < -0.39 is 0 Å². The minimum absolute atomic E-state index is 0.157. The van der Waals surface area contributed by atoms with Crippen molar-refractivity contribution in [1.82, 2.24) is 10.2 Å². The van der Waals surface area contributed by atoms with Crippen molar-refractivity contribution in [1.29, 1.82) is 0 Å². The van der Waals surface area contributed by atoms with Gasteiger partial charge in [-0.2, -0.15) is 0 Å². The van der Waals surface area contributed by atoms with E-state index in [1.54, 1.807) is 0 Å². The average molecular weight is 228 g/mol. The zero-order valence-electron chi connectivity index (χ0n) is 10.7. The maximum Gasteiger partial charge on any atom is 0.409 e. The van der Waals surface area contributed by atoms with Gasteiger partial charge in [0, 0.05) is 19.1 Å². The summed E-state index contributed by atoms with van der Waals surface area (Å²) in [4.78, 5) is 13.4. The predicted octanol–water partition coefficient (Wildman–Crippen LogP) is 1.85. The highest BCUT2D eigenvalue weighted by Crippen LogP contribution is 2.20. The summed E-state index contributed by atoms with van der Waals surface area (Å²) in [5.74, 6) is 0.554. The molecule has 0 aromatic heterocycles. The minimum Gasteiger partial charge on any atom is -0.450 e. The van der Waals surface area contributed by atoms with Crippen LogP contribution in [0.1, 0.15) is 33.6 Å². The van der Waals surface area contributed by atoms with Gasteiger partial charge in [-0.25, -0.2) is 4.79 Å². The molecule has 0 spiro atoms. The molecule has 1 saturated heterocycles. The minimum atomic E-state index is -0.157. The summed E-state index contributed by atoms with van der Waals surface area (Å²) in [6.45, 7) is 9.26. The number of hydrogen-bond acceptors (Lipinski definition) is 3. The third-order valence-electron chi connectivity index (χ3n) is 3.25. The molecule has 1 amide bonds. The predicted molar refractivity (Wildman–Crippen MR) is 64.5 cm³/mol. The van der Waals surface area contributed by atoms with Crippen molar-refractivity contribution in [2.75, 3.05) is 26.2 Å². The highest BCUT2D eigenvalue weighted by Gasteiger charge is 2.30. The SMILES string of the molecule is CCNC1CCN(C(=O)OCC)CC1CC. The lowest BCUT2D eigenvalue weighted by Crippen LogP contribution is -2.51. The Morgan fingerprint density at radius 3 is 2.75 bits per heavy atom. The Morgan fingerprint density at radius 2 is 2.19 bits per heavy atom. The molecular formula is C12H24N2O2. The Hall–Kier alpha value is -0.770. The molecule has 0 bridgehead atoms. The Balaban J connectivity index is 2.48. The lowest BCUT2D eigenvalue weighted by Gasteiger charge is -2.38. The number of nitrogens with one attached hydrogen (secondary N) is 1. The normalized spacial score (nSPS) is 25.6. The van der Waals surface area contributed by atoms with E-state index in [-0.39, 0.29) is 6.09 Å². The Labute approximate surface area is 98.3 Å². The molecule has 0 aliphatic carbocycles. The molecule has 1 rings (SSSR count). The molecule has 4 nitrogen and oxygen atoms in total. The largest absolute Gasteiger partial charge is 0.450 e. The van der Waals surface area contributed by atoms with Crippen LogP contribution in [0.15, 0.2) is 0 Å². The number of nitrogens with zero attached hydrogens (tertiary/aromatic N) is 1. The molecule has 1 aliphatic rings. The molecule has 94 valence electrons. The van der Waals surface area contributed by atoms with Crippen LogP contribution in [0.5, 0.6) is 0 Å². The van der Waals surface area contributed by atoms with Crippen molar-refractivity contribution < 1.29 is 9.53 Å². The smallest absolute Gasteiger partial charge is 0.409 e. The molecule has 1 fully saturated rings. The van der Waals surface area contributed by atoms with E-state index in [4.69, 9.17) is 4.74 Å². The number of piperidine rings is 1. The molecule has 1 N–H and O–H groups in total. The fourth-order valence-corrected chi connectivity index (χ4v) is 2.36. The fraction of sp³-hybridized carbons (Fsp3) is 0.917. The zero-order chi connectivity index (χ0) is 12.0. The van der Waals surface area contributed by atoms with E-state index >= 15 is 0 Å². The number of carbonyl (C=O) groups excluding carboxylic acids is 1. The van der Waals surface area contributed by atoms with Gasteiger partial charge in [0.05, 0.1) is 6.61 Å². The van der Waals surface area contributed by atoms with Crippen molar-refractivity contribution in [2.45, 2.75) is 39.7 Å². The summed E-state index contributed by atoms with van der Waals surface area (Å²) in [6.07, 6.45) is 1.98. The van der Waals surface area contributed by atoms with Crippen LogP contribution in [0.3, 0.4) is 0 Å². The van der Waals surface area contributed by atoms with Gasteiger partial charge in [0.2, 0.25) is 0 Å². The van der Waals surface area contributed by atoms with Gasteiger partial charge in [-0.15, -0.1) is 0 Å². The Bertz CT molecular complexity index is 221. The molecule has 0 aromatic rings. The first-order valence-corrected chi connectivity index (χ1v) is 6.37. The number of amides is 1. The number of rotatable bonds is 4. The van der Waals surface area contributed by atoms with Gasteiger partial charge in [0.25, 0.3) is 0 Å². The van der Waals surface area contributed by atoms with Crippen LogP contribution < -0.4 is 5.32 Å². The summed E-state index contributed by atoms with van der Waals surface area (Å²) in [7, 11) is 0. The molecule has 0 saturated carbocycles. The second-order valence-corrected chi connectivity index (χ2v) is 4.27. The van der Waals surface area contributed by atoms with Gasteiger partial charge in [0.1, 0.15) is 0 Å². The number of hydrogen-bond donors (Lipinski definition) is 1. The van der Waals surface area contributed by atoms with E-state index in [2.05, 4.69) is 19.2 Å². The molecule has 2 unspecified atom stereocenters. The summed E-state index contributed by atoms with van der Waals surface area (Å²) < 4.78 is 5.04. The van der Waals surface area contributed by atoms with E-state index in [0.29, 0.717) is 18.6 Å². The Morgan fingerprint density at radius 1 is 1.44 bits per heavy atom. The van der Waals surface area contributed by atoms with Gasteiger partial charge < -0.3 is 15.0 Å². The third kappa shape index (κ3) is 3.37. The van der Waals surface area contributed by atoms with Gasteiger partial charge in [-0.05, 0) is 25.8 Å². The summed E-state index contributed by atoms with van der Waals surface area (Å²) in [5.41, 5.74) is 0. The third-order valence-corrected chi connectivity index (χ3v) is 3.25. The molecule has 0 aromatic carbocycles. The average Bonchev–Trinajstić information content (AvgIpc) is 2.30. The molecule has 16 heavy (non-hydrogen) atoms. The summed E-state index contributed by atoms with van der Waals surface area (Å²) in [6, 6.07) is 0.556. The van der Waals surface area contributed by atoms with E-state index in [9.17, 15) is 4.79 Å². The molecular weight excluding hydrogens is 204 g/mol. The fourth-order valence-electron chi connectivity index (χ4n) is 2.36. The quantitative estimate of drug-likeness (QED) is 0.798. The van der Waals surface area contributed by atoms with E-state index in [1.165, 1.54) is 0 Å². The van der Waals surface area contributed by atoms with Crippen molar-refractivity contribution in [2.24, 2.45) is 5.92 Å². The van der Waals surface area contributed by atoms with Gasteiger partial charge in [-0.1, -0.05) is 20.3 Å². The Kier molecular flexibility index (Phi) is 5.60. The molecule has 1 heterocycles. The highest BCUT2D eigenvalue weighted by molar-refractivity contribution is 5.67. The maximum absolute atomic E-state index is 11.6. The first kappa shape index (κ1) is 13.3. The molecule has 4 heteroatoms. The van der Waals surface area contributed by atoms with E-state index in [1.807, 2.05) is 11.8 Å². The van der Waals surface area contributed by atoms with Crippen molar-refractivity contribution >= 4 is 6.09 Å². The van der Waals surface area contributed by atoms with Crippen molar-refractivity contribution in [3.05, 3.63) is 0 Å². The maximum atomic E-state index is 11.6. The second-order valence-electron chi connectivity index (χ2n) is 4.27. The van der Waals surface area contributed by atoms with Gasteiger partial charge in [0.15, 0.2) is 0 Å². The number of ether oxygens (including phenoxy) is 1.